The third kappa shape index (κ3) is 2.77. The normalized spacial score (nSPS) is 11.2. The molecule has 0 saturated carbocycles. The van der Waals surface area contributed by atoms with E-state index in [2.05, 4.69) is 23.9 Å². The summed E-state index contributed by atoms with van der Waals surface area (Å²) >= 11 is 0. The Labute approximate surface area is 141 Å². The average molecular weight is 323 g/mol. The average Bonchev–Trinajstić information content (AvgIpc) is 2.90. The maximum atomic E-state index is 12.2. The van der Waals surface area contributed by atoms with Crippen LogP contribution in [0.4, 0.5) is 0 Å². The van der Waals surface area contributed by atoms with E-state index in [1.165, 1.54) is 0 Å². The van der Waals surface area contributed by atoms with Crippen molar-refractivity contribution >= 4 is 11.6 Å². The van der Waals surface area contributed by atoms with Crippen LogP contribution in [0.25, 0.3) is 16.8 Å². The first-order valence-corrected chi connectivity index (χ1v) is 8.15. The van der Waals surface area contributed by atoms with E-state index in [4.69, 9.17) is 4.74 Å². The summed E-state index contributed by atoms with van der Waals surface area (Å²) in [5.41, 5.74) is 4.82. The van der Waals surface area contributed by atoms with Crippen molar-refractivity contribution < 1.29 is 9.53 Å². The molecule has 1 aromatic carbocycles. The second kappa shape index (κ2) is 6.43. The van der Waals surface area contributed by atoms with Crippen molar-refractivity contribution in [1.82, 2.24) is 14.6 Å². The van der Waals surface area contributed by atoms with Gasteiger partial charge in [0, 0.05) is 11.3 Å². The van der Waals surface area contributed by atoms with Crippen LogP contribution in [0.3, 0.4) is 0 Å². The zero-order valence-electron chi connectivity index (χ0n) is 14.4. The maximum Gasteiger partial charge on any atom is 0.357 e. The Morgan fingerprint density at radius 1 is 1.25 bits per heavy atom. The molecule has 2 aromatic heterocycles. The molecule has 0 fully saturated rings. The number of hydrogen-bond acceptors (Lipinski definition) is 4. The number of benzene rings is 1. The van der Waals surface area contributed by atoms with Crippen molar-refractivity contribution in [3.8, 4) is 11.1 Å². The minimum atomic E-state index is -0.403. The third-order valence-electron chi connectivity index (χ3n) is 3.93. The molecule has 24 heavy (non-hydrogen) atoms. The molecule has 3 rings (SSSR count). The summed E-state index contributed by atoms with van der Waals surface area (Å²) < 4.78 is 6.97. The molecule has 0 atom stereocenters. The smallest absolute Gasteiger partial charge is 0.357 e. The van der Waals surface area contributed by atoms with Gasteiger partial charge in [0.15, 0.2) is 11.3 Å². The first kappa shape index (κ1) is 16.2. The van der Waals surface area contributed by atoms with E-state index in [1.54, 1.807) is 13.0 Å². The van der Waals surface area contributed by atoms with E-state index >= 15 is 0 Å². The van der Waals surface area contributed by atoms with E-state index in [0.717, 1.165) is 22.5 Å². The molecular formula is C19H21N3O2. The van der Waals surface area contributed by atoms with Gasteiger partial charge in [-0.25, -0.2) is 14.3 Å². The van der Waals surface area contributed by atoms with E-state index in [-0.39, 0.29) is 5.92 Å². The Hall–Kier alpha value is -2.69. The van der Waals surface area contributed by atoms with Gasteiger partial charge in [-0.3, -0.25) is 0 Å². The predicted molar refractivity (Wildman–Crippen MR) is 93.2 cm³/mol. The van der Waals surface area contributed by atoms with Gasteiger partial charge < -0.3 is 4.74 Å². The van der Waals surface area contributed by atoms with Gasteiger partial charge >= 0.3 is 5.97 Å². The first-order valence-electron chi connectivity index (χ1n) is 8.15. The quantitative estimate of drug-likeness (QED) is 0.681. The van der Waals surface area contributed by atoms with Crippen molar-refractivity contribution in [2.75, 3.05) is 6.61 Å². The number of carbonyl (C=O) groups is 1. The largest absolute Gasteiger partial charge is 0.461 e. The topological polar surface area (TPSA) is 56.5 Å². The summed E-state index contributed by atoms with van der Waals surface area (Å²) in [7, 11) is 0. The first-order chi connectivity index (χ1) is 11.5. The van der Waals surface area contributed by atoms with Crippen LogP contribution in [-0.4, -0.2) is 27.2 Å². The summed E-state index contributed by atoms with van der Waals surface area (Å²) in [5, 5.41) is 4.66. The van der Waals surface area contributed by atoms with Crippen molar-refractivity contribution in [2.24, 2.45) is 0 Å². The van der Waals surface area contributed by atoms with Gasteiger partial charge in [-0.2, -0.15) is 5.10 Å². The van der Waals surface area contributed by atoms with Crippen molar-refractivity contribution in [3.63, 3.8) is 0 Å². The lowest BCUT2D eigenvalue weighted by atomic mass is 10.1. The molecule has 3 aromatic rings. The highest BCUT2D eigenvalue weighted by molar-refractivity contribution is 5.89. The molecule has 0 aliphatic heterocycles. The molecule has 0 radical (unpaired) electrons. The zero-order chi connectivity index (χ0) is 17.3. The number of esters is 1. The minimum absolute atomic E-state index is 0.201. The fourth-order valence-corrected chi connectivity index (χ4v) is 2.81. The molecule has 0 spiro atoms. The number of carbonyl (C=O) groups excluding carboxylic acids is 1. The Morgan fingerprint density at radius 3 is 2.58 bits per heavy atom. The lowest BCUT2D eigenvalue weighted by Crippen LogP contribution is -2.12. The Balaban J connectivity index is 2.30. The summed E-state index contributed by atoms with van der Waals surface area (Å²) in [5.74, 6) is -0.202. The molecule has 0 aliphatic rings. The second-order valence-corrected chi connectivity index (χ2v) is 6.00. The van der Waals surface area contributed by atoms with Crippen molar-refractivity contribution in [1.29, 1.82) is 0 Å². The van der Waals surface area contributed by atoms with Gasteiger partial charge in [0.25, 0.3) is 0 Å². The highest BCUT2D eigenvalue weighted by Crippen LogP contribution is 2.29. The second-order valence-electron chi connectivity index (χ2n) is 6.00. The fourth-order valence-electron chi connectivity index (χ4n) is 2.81. The minimum Gasteiger partial charge on any atom is -0.461 e. The van der Waals surface area contributed by atoms with Gasteiger partial charge in [0.1, 0.15) is 0 Å². The number of ether oxygens (including phenoxy) is 1. The summed E-state index contributed by atoms with van der Waals surface area (Å²) in [6.45, 7) is 8.22. The highest BCUT2D eigenvalue weighted by Gasteiger charge is 2.20. The summed E-state index contributed by atoms with van der Waals surface area (Å²) in [4.78, 5) is 16.8. The van der Waals surface area contributed by atoms with Crippen LogP contribution < -0.4 is 0 Å². The summed E-state index contributed by atoms with van der Waals surface area (Å²) in [6.07, 6.45) is 0. The van der Waals surface area contributed by atoms with Crippen LogP contribution in [0.5, 0.6) is 0 Å². The number of aromatic nitrogens is 3. The van der Waals surface area contributed by atoms with E-state index in [0.29, 0.717) is 17.9 Å². The lowest BCUT2D eigenvalue weighted by molar-refractivity contribution is 0.0519. The Kier molecular flexibility index (Phi) is 4.34. The fraction of sp³-hybridized carbons (Fsp3) is 0.316. The van der Waals surface area contributed by atoms with Crippen molar-refractivity contribution in [2.45, 2.75) is 33.6 Å². The van der Waals surface area contributed by atoms with E-state index in [9.17, 15) is 4.79 Å². The number of rotatable bonds is 4. The zero-order valence-corrected chi connectivity index (χ0v) is 14.4. The van der Waals surface area contributed by atoms with Gasteiger partial charge in [-0.15, -0.1) is 0 Å². The van der Waals surface area contributed by atoms with E-state index in [1.807, 2.05) is 41.8 Å². The molecule has 0 unspecified atom stereocenters. The van der Waals surface area contributed by atoms with Crippen LogP contribution in [-0.2, 0) is 4.74 Å². The number of hydrogen-bond donors (Lipinski definition) is 0. The SMILES string of the molecule is CCOC(=O)c1cc(C(C)C)n2nc(C)c(-c3ccccc3)c2n1. The predicted octanol–water partition coefficient (Wildman–Crippen LogP) is 4.00. The molecule has 0 amide bonds. The highest BCUT2D eigenvalue weighted by atomic mass is 16.5. The Bertz CT molecular complexity index is 883. The van der Waals surface area contributed by atoms with Gasteiger partial charge in [0.2, 0.25) is 0 Å². The van der Waals surface area contributed by atoms with Gasteiger partial charge in [-0.05, 0) is 31.4 Å². The van der Waals surface area contributed by atoms with Crippen LogP contribution >= 0.6 is 0 Å². The van der Waals surface area contributed by atoms with Gasteiger partial charge in [0.05, 0.1) is 12.3 Å². The van der Waals surface area contributed by atoms with Crippen LogP contribution in [0.15, 0.2) is 36.4 Å². The van der Waals surface area contributed by atoms with Gasteiger partial charge in [-0.1, -0.05) is 44.2 Å². The molecule has 0 aliphatic carbocycles. The number of fused-ring (bicyclic) bond motifs is 1. The van der Waals surface area contributed by atoms with Crippen LogP contribution in [0, 0.1) is 6.92 Å². The molecule has 124 valence electrons. The monoisotopic (exact) mass is 323 g/mol. The molecule has 0 bridgehead atoms. The number of aryl methyl sites for hydroxylation is 1. The number of nitrogens with zero attached hydrogens (tertiary/aromatic N) is 3. The van der Waals surface area contributed by atoms with Crippen LogP contribution in [0.2, 0.25) is 0 Å². The lowest BCUT2D eigenvalue weighted by Gasteiger charge is -2.11. The molecule has 5 heteroatoms. The molecular weight excluding hydrogens is 302 g/mol. The third-order valence-corrected chi connectivity index (χ3v) is 3.93. The standard InChI is InChI=1S/C19H21N3O2/c1-5-24-19(23)15-11-16(12(2)3)22-18(20-15)17(13(4)21-22)14-9-7-6-8-10-14/h6-12H,5H2,1-4H3. The Morgan fingerprint density at radius 2 is 1.96 bits per heavy atom. The molecule has 2 heterocycles. The molecule has 0 saturated heterocycles. The van der Waals surface area contributed by atoms with E-state index < -0.39 is 5.97 Å². The maximum absolute atomic E-state index is 12.2. The molecule has 5 nitrogen and oxygen atoms in total. The summed E-state index contributed by atoms with van der Waals surface area (Å²) in [6, 6.07) is 11.8. The van der Waals surface area contributed by atoms with Crippen molar-refractivity contribution in [3.05, 3.63) is 53.5 Å². The van der Waals surface area contributed by atoms with Crippen LogP contribution in [0.1, 0.15) is 48.6 Å². The molecule has 0 N–H and O–H groups in total.